The van der Waals surface area contributed by atoms with E-state index in [0.29, 0.717) is 6.42 Å². The van der Waals surface area contributed by atoms with E-state index in [-0.39, 0.29) is 5.91 Å². The fourth-order valence-electron chi connectivity index (χ4n) is 3.21. The van der Waals surface area contributed by atoms with Crippen molar-refractivity contribution in [1.29, 1.82) is 0 Å². The lowest BCUT2D eigenvalue weighted by Crippen LogP contribution is -2.14. The van der Waals surface area contributed by atoms with E-state index in [1.165, 1.54) is 17.0 Å². The molecule has 1 amide bonds. The maximum absolute atomic E-state index is 12.3. The van der Waals surface area contributed by atoms with Crippen LogP contribution < -0.4 is 5.32 Å². The molecular weight excluding hydrogens is 306 g/mol. The van der Waals surface area contributed by atoms with Gasteiger partial charge in [0.2, 0.25) is 5.91 Å². The lowest BCUT2D eigenvalue weighted by molar-refractivity contribution is -0.115. The first-order chi connectivity index (χ1) is 11.2. The van der Waals surface area contributed by atoms with Gasteiger partial charge in [0.1, 0.15) is 0 Å². The highest BCUT2D eigenvalue weighted by Crippen LogP contribution is 2.32. The molecule has 4 nitrogen and oxygen atoms in total. The number of rotatable bonds is 3. The van der Waals surface area contributed by atoms with Gasteiger partial charge in [0.05, 0.1) is 12.1 Å². The first-order valence-corrected chi connectivity index (χ1v) is 8.84. The van der Waals surface area contributed by atoms with E-state index in [0.717, 1.165) is 40.4 Å². The van der Waals surface area contributed by atoms with Crippen LogP contribution in [0.25, 0.3) is 10.9 Å². The molecule has 0 radical (unpaired) electrons. The molecule has 23 heavy (non-hydrogen) atoms. The molecular formula is C18H19N3OS. The van der Waals surface area contributed by atoms with Crippen LogP contribution in [0.5, 0.6) is 0 Å². The average Bonchev–Trinajstić information content (AvgIpc) is 3.11. The number of benzene rings is 1. The summed E-state index contributed by atoms with van der Waals surface area (Å²) in [7, 11) is 0. The summed E-state index contributed by atoms with van der Waals surface area (Å²) < 4.78 is 0. The van der Waals surface area contributed by atoms with Crippen LogP contribution in [0.15, 0.2) is 30.5 Å². The van der Waals surface area contributed by atoms with Gasteiger partial charge in [-0.2, -0.15) is 0 Å². The van der Waals surface area contributed by atoms with Crippen molar-refractivity contribution in [2.45, 2.75) is 32.6 Å². The maximum atomic E-state index is 12.3. The van der Waals surface area contributed by atoms with Gasteiger partial charge in [-0.1, -0.05) is 25.1 Å². The van der Waals surface area contributed by atoms with Crippen LogP contribution in [0.4, 0.5) is 5.13 Å². The smallest absolute Gasteiger partial charge is 0.230 e. The van der Waals surface area contributed by atoms with Gasteiger partial charge in [0.25, 0.3) is 0 Å². The molecule has 2 aromatic heterocycles. The van der Waals surface area contributed by atoms with Crippen LogP contribution in [-0.4, -0.2) is 15.9 Å². The highest BCUT2D eigenvalue weighted by Gasteiger charge is 2.20. The summed E-state index contributed by atoms with van der Waals surface area (Å²) in [6.07, 6.45) is 5.60. The summed E-state index contributed by atoms with van der Waals surface area (Å²) >= 11 is 1.63. The van der Waals surface area contributed by atoms with Crippen LogP contribution >= 0.6 is 11.3 Å². The molecule has 5 heteroatoms. The lowest BCUT2D eigenvalue weighted by atomic mass is 9.93. The normalized spacial score (nSPS) is 17.2. The molecule has 1 aromatic carbocycles. The number of aromatic nitrogens is 2. The minimum Gasteiger partial charge on any atom is -0.361 e. The van der Waals surface area contributed by atoms with Gasteiger partial charge in [0, 0.05) is 22.0 Å². The summed E-state index contributed by atoms with van der Waals surface area (Å²) in [5, 5.41) is 4.82. The van der Waals surface area contributed by atoms with Gasteiger partial charge in [0.15, 0.2) is 5.13 Å². The van der Waals surface area contributed by atoms with E-state index >= 15 is 0 Å². The van der Waals surface area contributed by atoms with Crippen molar-refractivity contribution in [3.63, 3.8) is 0 Å². The van der Waals surface area contributed by atoms with Crippen molar-refractivity contribution in [3.05, 3.63) is 46.6 Å². The van der Waals surface area contributed by atoms with Crippen molar-refractivity contribution < 1.29 is 4.79 Å². The Morgan fingerprint density at radius 3 is 3.22 bits per heavy atom. The zero-order chi connectivity index (χ0) is 15.8. The van der Waals surface area contributed by atoms with Gasteiger partial charge in [-0.3, -0.25) is 4.79 Å². The quantitative estimate of drug-likeness (QED) is 0.766. The molecule has 1 atom stereocenters. The number of hydrogen-bond acceptors (Lipinski definition) is 3. The molecule has 0 bridgehead atoms. The Kier molecular flexibility index (Phi) is 3.65. The van der Waals surface area contributed by atoms with E-state index in [1.807, 2.05) is 30.5 Å². The van der Waals surface area contributed by atoms with Crippen LogP contribution in [0.3, 0.4) is 0 Å². The Labute approximate surface area is 138 Å². The molecule has 0 spiro atoms. The number of para-hydroxylation sites is 1. The predicted octanol–water partition coefficient (Wildman–Crippen LogP) is 3.93. The maximum Gasteiger partial charge on any atom is 0.230 e. The van der Waals surface area contributed by atoms with Crippen molar-refractivity contribution in [2.75, 3.05) is 5.32 Å². The Balaban J connectivity index is 1.48. The second-order valence-corrected chi connectivity index (χ2v) is 7.40. The van der Waals surface area contributed by atoms with Gasteiger partial charge in [-0.15, -0.1) is 11.3 Å². The number of nitrogens with zero attached hydrogens (tertiary/aromatic N) is 1. The SMILES string of the molecule is CC1CCc2nc(NC(=O)Cc3c[nH]c4ccccc34)sc2C1. The lowest BCUT2D eigenvalue weighted by Gasteiger charge is -2.15. The summed E-state index contributed by atoms with van der Waals surface area (Å²) in [5.41, 5.74) is 3.26. The average molecular weight is 325 g/mol. The number of H-pyrrole nitrogens is 1. The molecule has 4 rings (SSSR count). The first-order valence-electron chi connectivity index (χ1n) is 8.02. The number of fused-ring (bicyclic) bond motifs is 2. The molecule has 1 aliphatic carbocycles. The number of anilines is 1. The van der Waals surface area contributed by atoms with Crippen LogP contribution in [0.1, 0.15) is 29.5 Å². The molecule has 0 aliphatic heterocycles. The topological polar surface area (TPSA) is 57.8 Å². The fourth-order valence-corrected chi connectivity index (χ4v) is 4.40. The van der Waals surface area contributed by atoms with Crippen LogP contribution in [0, 0.1) is 5.92 Å². The molecule has 0 saturated heterocycles. The third-order valence-corrected chi connectivity index (χ3v) is 5.49. The third-order valence-electron chi connectivity index (χ3n) is 4.46. The summed E-state index contributed by atoms with van der Waals surface area (Å²) in [6, 6.07) is 8.04. The number of aromatic amines is 1. The van der Waals surface area contributed by atoms with Gasteiger partial charge in [-0.25, -0.2) is 4.98 Å². The monoisotopic (exact) mass is 325 g/mol. The Morgan fingerprint density at radius 1 is 1.43 bits per heavy atom. The second kappa shape index (κ2) is 5.81. The zero-order valence-electron chi connectivity index (χ0n) is 13.1. The molecule has 2 heterocycles. The molecule has 3 aromatic rings. The molecule has 1 unspecified atom stereocenters. The number of nitrogens with one attached hydrogen (secondary N) is 2. The molecule has 118 valence electrons. The summed E-state index contributed by atoms with van der Waals surface area (Å²) in [4.78, 5) is 21.5. The minimum absolute atomic E-state index is 0.00565. The largest absolute Gasteiger partial charge is 0.361 e. The number of carbonyl (C=O) groups is 1. The third kappa shape index (κ3) is 2.88. The van der Waals surface area contributed by atoms with Gasteiger partial charge >= 0.3 is 0 Å². The predicted molar refractivity (Wildman–Crippen MR) is 93.9 cm³/mol. The molecule has 1 aliphatic rings. The number of carbonyl (C=O) groups excluding carboxylic acids is 1. The van der Waals surface area contributed by atoms with E-state index < -0.39 is 0 Å². The minimum atomic E-state index is -0.00565. The van der Waals surface area contributed by atoms with Gasteiger partial charge in [-0.05, 0) is 36.8 Å². The number of amides is 1. The van der Waals surface area contributed by atoms with E-state index in [4.69, 9.17) is 0 Å². The second-order valence-electron chi connectivity index (χ2n) is 6.32. The Bertz CT molecular complexity index is 864. The Morgan fingerprint density at radius 2 is 2.30 bits per heavy atom. The molecule has 0 saturated carbocycles. The fraction of sp³-hybridized carbons (Fsp3) is 0.333. The first kappa shape index (κ1) is 14.5. The van der Waals surface area contributed by atoms with Crippen molar-refractivity contribution in [2.24, 2.45) is 5.92 Å². The molecule has 0 fully saturated rings. The summed E-state index contributed by atoms with van der Waals surface area (Å²) in [6.45, 7) is 2.28. The standard InChI is InChI=1S/C18H19N3OS/c1-11-6-7-15-16(8-11)23-18(20-15)21-17(22)9-12-10-19-14-5-3-2-4-13(12)14/h2-5,10-11,19H,6-9H2,1H3,(H,20,21,22). The highest BCUT2D eigenvalue weighted by molar-refractivity contribution is 7.15. The van der Waals surface area contributed by atoms with E-state index in [1.54, 1.807) is 11.3 Å². The summed E-state index contributed by atoms with van der Waals surface area (Å²) in [5.74, 6) is 0.714. The van der Waals surface area contributed by atoms with Crippen molar-refractivity contribution in [1.82, 2.24) is 9.97 Å². The Hall–Kier alpha value is -2.14. The van der Waals surface area contributed by atoms with Gasteiger partial charge < -0.3 is 10.3 Å². The van der Waals surface area contributed by atoms with Crippen LogP contribution in [-0.2, 0) is 24.1 Å². The number of thiazole rings is 1. The zero-order valence-corrected chi connectivity index (χ0v) is 13.9. The van der Waals surface area contributed by atoms with E-state index in [9.17, 15) is 4.79 Å². The van der Waals surface area contributed by atoms with Crippen molar-refractivity contribution in [3.8, 4) is 0 Å². The number of hydrogen-bond donors (Lipinski definition) is 2. The van der Waals surface area contributed by atoms with E-state index in [2.05, 4.69) is 22.2 Å². The highest BCUT2D eigenvalue weighted by atomic mass is 32.1. The van der Waals surface area contributed by atoms with Crippen LogP contribution in [0.2, 0.25) is 0 Å². The number of aryl methyl sites for hydroxylation is 1. The van der Waals surface area contributed by atoms with Crippen molar-refractivity contribution >= 4 is 33.3 Å². The molecule has 2 N–H and O–H groups in total.